The number of nitrogens with one attached hydrogen (secondary N) is 1. The van der Waals surface area contributed by atoms with Crippen molar-refractivity contribution in [3.05, 3.63) is 83.9 Å². The number of hydrogen-bond donors (Lipinski definition) is 1. The van der Waals surface area contributed by atoms with Gasteiger partial charge in [0.2, 0.25) is 0 Å². The van der Waals surface area contributed by atoms with E-state index in [9.17, 15) is 0 Å². The highest BCUT2D eigenvalue weighted by molar-refractivity contribution is 5.85. The van der Waals surface area contributed by atoms with Gasteiger partial charge in [0.1, 0.15) is 11.6 Å². The van der Waals surface area contributed by atoms with Crippen LogP contribution >= 0.6 is 12.4 Å². The quantitative estimate of drug-likeness (QED) is 0.690. The molecule has 1 unspecified atom stereocenters. The van der Waals surface area contributed by atoms with E-state index in [0.717, 1.165) is 44.3 Å². The number of aromatic nitrogens is 2. The Hall–Kier alpha value is -2.34. The molecule has 0 saturated carbocycles. The summed E-state index contributed by atoms with van der Waals surface area (Å²) in [4.78, 5) is 7.14. The van der Waals surface area contributed by atoms with E-state index in [1.165, 1.54) is 11.1 Å². The maximum absolute atomic E-state index is 5.61. The number of nitrogens with zero attached hydrogens (tertiary/aromatic N) is 3. The van der Waals surface area contributed by atoms with E-state index in [1.807, 2.05) is 18.3 Å². The van der Waals surface area contributed by atoms with Crippen molar-refractivity contribution < 1.29 is 4.74 Å². The Morgan fingerprint density at radius 2 is 1.86 bits per heavy atom. The van der Waals surface area contributed by atoms with Gasteiger partial charge in [-0.1, -0.05) is 48.5 Å². The molecule has 0 radical (unpaired) electrons. The zero-order chi connectivity index (χ0) is 18.5. The minimum atomic E-state index is 0. The number of benzene rings is 2. The largest absolute Gasteiger partial charge is 0.496 e. The molecule has 0 amide bonds. The van der Waals surface area contributed by atoms with E-state index in [2.05, 4.69) is 68.4 Å². The fourth-order valence-electron chi connectivity index (χ4n) is 3.78. The van der Waals surface area contributed by atoms with Crippen LogP contribution in [0.4, 0.5) is 0 Å². The van der Waals surface area contributed by atoms with Gasteiger partial charge in [0.25, 0.3) is 0 Å². The second kappa shape index (κ2) is 9.73. The van der Waals surface area contributed by atoms with E-state index in [0.29, 0.717) is 0 Å². The lowest BCUT2D eigenvalue weighted by Gasteiger charge is -2.36. The standard InChI is InChI=1S/C22H26N4O.ClH/c1-27-21-10-6-5-9-19(21)20-15-23-11-13-25(20)17-22-24-12-14-26(22)16-18-7-3-2-4-8-18;/h2-10,12,14,20,23H,11,13,15-17H2,1H3;1H. The molecule has 148 valence electrons. The van der Waals surface area contributed by atoms with Crippen LogP contribution in [-0.2, 0) is 13.1 Å². The Labute approximate surface area is 172 Å². The minimum Gasteiger partial charge on any atom is -0.496 e. The first-order valence-corrected chi connectivity index (χ1v) is 9.47. The summed E-state index contributed by atoms with van der Waals surface area (Å²) >= 11 is 0. The van der Waals surface area contributed by atoms with Crippen LogP contribution in [0.2, 0.25) is 0 Å². The zero-order valence-electron chi connectivity index (χ0n) is 16.1. The summed E-state index contributed by atoms with van der Waals surface area (Å²) in [5.74, 6) is 2.05. The Bertz CT molecular complexity index is 868. The molecule has 1 N–H and O–H groups in total. The fourth-order valence-corrected chi connectivity index (χ4v) is 3.78. The molecule has 0 bridgehead atoms. The van der Waals surface area contributed by atoms with Crippen molar-refractivity contribution >= 4 is 12.4 Å². The molecule has 1 aliphatic heterocycles. The molecule has 4 rings (SSSR count). The number of imidazole rings is 1. The molecule has 1 aromatic heterocycles. The molecular weight excluding hydrogens is 372 g/mol. The summed E-state index contributed by atoms with van der Waals surface area (Å²) < 4.78 is 7.86. The molecule has 0 aliphatic carbocycles. The summed E-state index contributed by atoms with van der Waals surface area (Å²) in [6.07, 6.45) is 3.97. The van der Waals surface area contributed by atoms with Crippen LogP contribution in [0.25, 0.3) is 0 Å². The number of hydrogen-bond acceptors (Lipinski definition) is 4. The van der Waals surface area contributed by atoms with E-state index in [1.54, 1.807) is 7.11 Å². The topological polar surface area (TPSA) is 42.3 Å². The molecule has 1 aliphatic rings. The highest BCUT2D eigenvalue weighted by atomic mass is 35.5. The van der Waals surface area contributed by atoms with Crippen molar-refractivity contribution in [2.75, 3.05) is 26.7 Å². The molecule has 1 atom stereocenters. The molecule has 5 nitrogen and oxygen atoms in total. The van der Waals surface area contributed by atoms with E-state index < -0.39 is 0 Å². The van der Waals surface area contributed by atoms with Gasteiger partial charge in [0.05, 0.1) is 19.7 Å². The molecule has 1 saturated heterocycles. The van der Waals surface area contributed by atoms with Crippen LogP contribution in [0.1, 0.15) is 23.0 Å². The predicted octanol–water partition coefficient (Wildman–Crippen LogP) is 3.51. The van der Waals surface area contributed by atoms with Crippen LogP contribution in [0.3, 0.4) is 0 Å². The maximum Gasteiger partial charge on any atom is 0.123 e. The van der Waals surface area contributed by atoms with Gasteiger partial charge in [-0.25, -0.2) is 4.98 Å². The van der Waals surface area contributed by atoms with Crippen molar-refractivity contribution in [3.8, 4) is 5.75 Å². The number of para-hydroxylation sites is 1. The second-order valence-electron chi connectivity index (χ2n) is 6.89. The van der Waals surface area contributed by atoms with Crippen molar-refractivity contribution in [3.63, 3.8) is 0 Å². The Morgan fingerprint density at radius 3 is 2.68 bits per heavy atom. The van der Waals surface area contributed by atoms with Crippen LogP contribution in [0.15, 0.2) is 67.0 Å². The van der Waals surface area contributed by atoms with Gasteiger partial charge in [-0.05, 0) is 11.6 Å². The number of halogens is 1. The van der Waals surface area contributed by atoms with Gasteiger partial charge in [-0.2, -0.15) is 0 Å². The minimum absolute atomic E-state index is 0. The van der Waals surface area contributed by atoms with Gasteiger partial charge in [0, 0.05) is 44.1 Å². The monoisotopic (exact) mass is 398 g/mol. The molecule has 6 heteroatoms. The van der Waals surface area contributed by atoms with Gasteiger partial charge in [-0.15, -0.1) is 12.4 Å². The van der Waals surface area contributed by atoms with E-state index >= 15 is 0 Å². The fraction of sp³-hybridized carbons (Fsp3) is 0.318. The number of ether oxygens (including phenoxy) is 1. The predicted molar refractivity (Wildman–Crippen MR) is 114 cm³/mol. The number of rotatable bonds is 6. The van der Waals surface area contributed by atoms with Crippen LogP contribution in [0.5, 0.6) is 5.75 Å². The van der Waals surface area contributed by atoms with Crippen LogP contribution < -0.4 is 10.1 Å². The molecule has 2 heterocycles. The zero-order valence-corrected chi connectivity index (χ0v) is 16.9. The van der Waals surface area contributed by atoms with Crippen molar-refractivity contribution in [2.45, 2.75) is 19.1 Å². The molecule has 0 spiro atoms. The summed E-state index contributed by atoms with van der Waals surface area (Å²) in [5, 5.41) is 3.52. The molecule has 28 heavy (non-hydrogen) atoms. The maximum atomic E-state index is 5.61. The van der Waals surface area contributed by atoms with Gasteiger partial charge < -0.3 is 14.6 Å². The van der Waals surface area contributed by atoms with Crippen LogP contribution in [-0.4, -0.2) is 41.2 Å². The van der Waals surface area contributed by atoms with Crippen molar-refractivity contribution in [1.29, 1.82) is 0 Å². The lowest BCUT2D eigenvalue weighted by atomic mass is 10.0. The van der Waals surface area contributed by atoms with Crippen molar-refractivity contribution in [1.82, 2.24) is 19.8 Å². The Balaban J connectivity index is 0.00000225. The molecule has 1 fully saturated rings. The highest BCUT2D eigenvalue weighted by Gasteiger charge is 2.27. The Kier molecular flexibility index (Phi) is 7.09. The molecular formula is C22H27ClN4O. The Morgan fingerprint density at radius 1 is 1.07 bits per heavy atom. The first-order chi connectivity index (χ1) is 13.3. The average molecular weight is 399 g/mol. The first kappa shape index (κ1) is 20.4. The summed E-state index contributed by atoms with van der Waals surface area (Å²) in [6, 6.07) is 19.1. The van der Waals surface area contributed by atoms with Gasteiger partial charge in [-0.3, -0.25) is 4.90 Å². The highest BCUT2D eigenvalue weighted by Crippen LogP contribution is 2.31. The molecule has 3 aromatic rings. The summed E-state index contributed by atoms with van der Waals surface area (Å²) in [5.41, 5.74) is 2.52. The lowest BCUT2D eigenvalue weighted by Crippen LogP contribution is -2.46. The van der Waals surface area contributed by atoms with Gasteiger partial charge >= 0.3 is 0 Å². The average Bonchev–Trinajstić information content (AvgIpc) is 3.16. The van der Waals surface area contributed by atoms with Gasteiger partial charge in [0.15, 0.2) is 0 Å². The summed E-state index contributed by atoms with van der Waals surface area (Å²) in [6.45, 7) is 4.57. The lowest BCUT2D eigenvalue weighted by molar-refractivity contribution is 0.145. The third-order valence-corrected chi connectivity index (χ3v) is 5.19. The van der Waals surface area contributed by atoms with Crippen LogP contribution in [0, 0.1) is 0 Å². The normalized spacial score (nSPS) is 17.1. The SMILES string of the molecule is COc1ccccc1C1CNCCN1Cc1nccn1Cc1ccccc1.Cl. The number of methoxy groups -OCH3 is 1. The smallest absolute Gasteiger partial charge is 0.123 e. The van der Waals surface area contributed by atoms with E-state index in [4.69, 9.17) is 4.74 Å². The van der Waals surface area contributed by atoms with E-state index in [-0.39, 0.29) is 18.4 Å². The van der Waals surface area contributed by atoms with Crippen molar-refractivity contribution in [2.24, 2.45) is 0 Å². The second-order valence-corrected chi connectivity index (χ2v) is 6.89. The molecule has 2 aromatic carbocycles. The first-order valence-electron chi connectivity index (χ1n) is 9.47. The number of piperazine rings is 1. The summed E-state index contributed by atoms with van der Waals surface area (Å²) in [7, 11) is 1.74. The third-order valence-electron chi connectivity index (χ3n) is 5.19. The third kappa shape index (κ3) is 4.55.